The zero-order valence-electron chi connectivity index (χ0n) is 6.59. The van der Waals surface area contributed by atoms with E-state index in [0.717, 1.165) is 0 Å². The highest BCUT2D eigenvalue weighted by molar-refractivity contribution is 4.54. The molecule has 0 aliphatic rings. The Balaban J connectivity index is 3.47. The third kappa shape index (κ3) is 5.97. The second-order valence-corrected chi connectivity index (χ2v) is 2.26. The van der Waals surface area contributed by atoms with Crippen LogP contribution in [0.3, 0.4) is 0 Å². The van der Waals surface area contributed by atoms with Crippen molar-refractivity contribution in [3.05, 3.63) is 0 Å². The summed E-state index contributed by atoms with van der Waals surface area (Å²) in [6.45, 7) is 5.32. The quantitative estimate of drug-likeness (QED) is 0.477. The highest BCUT2D eigenvalue weighted by Crippen LogP contribution is 1.94. The van der Waals surface area contributed by atoms with Gasteiger partial charge in [-0.25, -0.2) is 5.32 Å². The Morgan fingerprint density at radius 3 is 2.40 bits per heavy atom. The summed E-state index contributed by atoms with van der Waals surface area (Å²) in [5, 5.41) is 20.0. The summed E-state index contributed by atoms with van der Waals surface area (Å²) in [7, 11) is 0. The van der Waals surface area contributed by atoms with E-state index in [4.69, 9.17) is 14.9 Å². The van der Waals surface area contributed by atoms with Crippen molar-refractivity contribution in [1.82, 2.24) is 5.32 Å². The van der Waals surface area contributed by atoms with Crippen molar-refractivity contribution in [3.8, 4) is 0 Å². The minimum absolute atomic E-state index is 0.343. The van der Waals surface area contributed by atoms with Gasteiger partial charge in [-0.3, -0.25) is 0 Å². The molecule has 0 aromatic heterocycles. The zero-order valence-corrected chi connectivity index (χ0v) is 6.59. The first-order valence-electron chi connectivity index (χ1n) is 3.29. The SMILES string of the molecule is CCOC(C)NC(C)(O)O. The van der Waals surface area contributed by atoms with Gasteiger partial charge in [0, 0.05) is 13.5 Å². The Labute approximate surface area is 60.8 Å². The molecule has 0 bridgehead atoms. The molecule has 0 aliphatic heterocycles. The summed E-state index contributed by atoms with van der Waals surface area (Å²) < 4.78 is 4.99. The van der Waals surface area contributed by atoms with E-state index in [0.29, 0.717) is 6.61 Å². The van der Waals surface area contributed by atoms with Crippen molar-refractivity contribution < 1.29 is 14.9 Å². The van der Waals surface area contributed by atoms with Gasteiger partial charge >= 0.3 is 0 Å². The molecule has 62 valence electrons. The maximum absolute atomic E-state index is 8.78. The molecule has 0 aromatic carbocycles. The molecule has 0 amide bonds. The molecule has 4 heteroatoms. The second-order valence-electron chi connectivity index (χ2n) is 2.26. The third-order valence-corrected chi connectivity index (χ3v) is 0.893. The summed E-state index contributed by atoms with van der Waals surface area (Å²) in [4.78, 5) is 0. The van der Waals surface area contributed by atoms with E-state index in [1.54, 1.807) is 6.92 Å². The molecule has 1 unspecified atom stereocenters. The van der Waals surface area contributed by atoms with E-state index in [2.05, 4.69) is 5.32 Å². The lowest BCUT2D eigenvalue weighted by Crippen LogP contribution is -2.47. The standard InChI is InChI=1S/C6H15NO3/c1-4-10-5(2)7-6(3,8)9/h5,7-9H,4H2,1-3H3. The van der Waals surface area contributed by atoms with E-state index in [1.165, 1.54) is 6.92 Å². The lowest BCUT2D eigenvalue weighted by Gasteiger charge is -2.22. The third-order valence-electron chi connectivity index (χ3n) is 0.893. The number of hydrogen-bond donors (Lipinski definition) is 3. The average Bonchev–Trinajstić information content (AvgIpc) is 1.59. The van der Waals surface area contributed by atoms with Gasteiger partial charge < -0.3 is 14.9 Å². The van der Waals surface area contributed by atoms with Crippen LogP contribution >= 0.6 is 0 Å². The molecule has 1 atom stereocenters. The normalized spacial score (nSPS) is 15.3. The van der Waals surface area contributed by atoms with Gasteiger partial charge in [0.1, 0.15) is 6.23 Å². The average molecular weight is 149 g/mol. The molecule has 0 heterocycles. The summed E-state index contributed by atoms with van der Waals surface area (Å²) in [6, 6.07) is 0. The fourth-order valence-corrected chi connectivity index (χ4v) is 0.677. The van der Waals surface area contributed by atoms with Crippen molar-refractivity contribution >= 4 is 0 Å². The Bertz CT molecular complexity index is 89.5. The molecule has 0 radical (unpaired) electrons. The lowest BCUT2D eigenvalue weighted by molar-refractivity contribution is -0.195. The van der Waals surface area contributed by atoms with E-state index in [9.17, 15) is 0 Å². The molecule has 0 saturated carbocycles. The summed E-state index contributed by atoms with van der Waals surface area (Å²) in [5.74, 6) is -1.85. The number of nitrogens with one attached hydrogen (secondary N) is 1. The molecule has 10 heavy (non-hydrogen) atoms. The van der Waals surface area contributed by atoms with Gasteiger partial charge in [0.25, 0.3) is 0 Å². The van der Waals surface area contributed by atoms with Crippen molar-refractivity contribution in [2.75, 3.05) is 6.61 Å². The maximum Gasteiger partial charge on any atom is 0.221 e. The van der Waals surface area contributed by atoms with E-state index >= 15 is 0 Å². The highest BCUT2D eigenvalue weighted by Gasteiger charge is 2.16. The zero-order chi connectivity index (χ0) is 8.20. The summed E-state index contributed by atoms with van der Waals surface area (Å²) >= 11 is 0. The molecular weight excluding hydrogens is 134 g/mol. The lowest BCUT2D eigenvalue weighted by atomic mass is 10.5. The molecular formula is C6H15NO3. The van der Waals surface area contributed by atoms with Crippen LogP contribution < -0.4 is 5.32 Å². The van der Waals surface area contributed by atoms with Crippen molar-refractivity contribution in [1.29, 1.82) is 0 Å². The van der Waals surface area contributed by atoms with E-state index in [1.807, 2.05) is 6.92 Å². The molecule has 0 fully saturated rings. The van der Waals surface area contributed by atoms with Crippen LogP contribution in [0.4, 0.5) is 0 Å². The minimum atomic E-state index is -1.85. The van der Waals surface area contributed by atoms with Crippen molar-refractivity contribution in [2.45, 2.75) is 32.9 Å². The van der Waals surface area contributed by atoms with Crippen LogP contribution in [-0.4, -0.2) is 29.0 Å². The first-order chi connectivity index (χ1) is 4.45. The van der Waals surface area contributed by atoms with Gasteiger partial charge in [0.15, 0.2) is 0 Å². The highest BCUT2D eigenvalue weighted by atomic mass is 16.5. The first-order valence-corrected chi connectivity index (χ1v) is 3.29. The molecule has 3 N–H and O–H groups in total. The van der Waals surface area contributed by atoms with Crippen LogP contribution in [-0.2, 0) is 4.74 Å². The summed E-state index contributed by atoms with van der Waals surface area (Å²) in [6.07, 6.45) is -0.343. The van der Waals surface area contributed by atoms with Gasteiger partial charge in [-0.1, -0.05) is 0 Å². The Morgan fingerprint density at radius 2 is 2.10 bits per heavy atom. The number of aliphatic hydroxyl groups is 2. The minimum Gasteiger partial charge on any atom is -0.364 e. The van der Waals surface area contributed by atoms with Crippen LogP contribution in [0.15, 0.2) is 0 Å². The van der Waals surface area contributed by atoms with Crippen molar-refractivity contribution in [3.63, 3.8) is 0 Å². The van der Waals surface area contributed by atoms with Gasteiger partial charge in [0.2, 0.25) is 5.91 Å². The Hall–Kier alpha value is -0.160. The molecule has 0 aromatic rings. The molecule has 0 saturated heterocycles. The maximum atomic E-state index is 8.78. The van der Waals surface area contributed by atoms with Gasteiger partial charge in [-0.2, -0.15) is 0 Å². The van der Waals surface area contributed by atoms with Crippen LogP contribution in [0, 0.1) is 0 Å². The number of rotatable bonds is 4. The summed E-state index contributed by atoms with van der Waals surface area (Å²) in [5.41, 5.74) is 0. The van der Waals surface area contributed by atoms with Crippen molar-refractivity contribution in [2.24, 2.45) is 0 Å². The van der Waals surface area contributed by atoms with Crippen LogP contribution in [0.25, 0.3) is 0 Å². The van der Waals surface area contributed by atoms with Gasteiger partial charge in [0.05, 0.1) is 0 Å². The van der Waals surface area contributed by atoms with Crippen LogP contribution in [0.2, 0.25) is 0 Å². The molecule has 0 spiro atoms. The molecule has 0 aliphatic carbocycles. The molecule has 0 rings (SSSR count). The first kappa shape index (κ1) is 9.84. The van der Waals surface area contributed by atoms with Gasteiger partial charge in [-0.15, -0.1) is 0 Å². The smallest absolute Gasteiger partial charge is 0.221 e. The topological polar surface area (TPSA) is 61.7 Å². The number of hydrogen-bond acceptors (Lipinski definition) is 4. The monoisotopic (exact) mass is 149 g/mol. The van der Waals surface area contributed by atoms with Crippen LogP contribution in [0.1, 0.15) is 20.8 Å². The van der Waals surface area contributed by atoms with E-state index < -0.39 is 5.91 Å². The predicted octanol–water partition coefficient (Wildman–Crippen LogP) is -0.383. The molecule has 4 nitrogen and oxygen atoms in total. The fraction of sp³-hybridized carbons (Fsp3) is 1.00. The van der Waals surface area contributed by atoms with Crippen LogP contribution in [0.5, 0.6) is 0 Å². The Kier molecular flexibility index (Phi) is 3.81. The Morgan fingerprint density at radius 1 is 1.60 bits per heavy atom. The van der Waals surface area contributed by atoms with Gasteiger partial charge in [-0.05, 0) is 13.8 Å². The number of ether oxygens (including phenoxy) is 1. The second kappa shape index (κ2) is 3.88. The largest absolute Gasteiger partial charge is 0.364 e. The fourth-order valence-electron chi connectivity index (χ4n) is 0.677. The van der Waals surface area contributed by atoms with E-state index in [-0.39, 0.29) is 6.23 Å². The predicted molar refractivity (Wildman–Crippen MR) is 37.1 cm³/mol.